The third kappa shape index (κ3) is 4.21. The number of carbonyl (C=O) groups is 1. The van der Waals surface area contributed by atoms with Crippen molar-refractivity contribution in [1.29, 1.82) is 0 Å². The number of likely N-dealkylation sites (tertiary alicyclic amines) is 2. The van der Waals surface area contributed by atoms with Crippen molar-refractivity contribution in [1.82, 2.24) is 9.80 Å². The van der Waals surface area contributed by atoms with Gasteiger partial charge in [-0.05, 0) is 61.7 Å². The number of carbonyl (C=O) groups excluding carboxylic acids is 1. The molecule has 0 aliphatic carbocycles. The number of nitrogens with zero attached hydrogens (tertiary/aromatic N) is 2. The largest absolute Gasteiger partial charge is 0.383 e. The monoisotopic (exact) mass is 336 g/mol. The highest BCUT2D eigenvalue weighted by atomic mass is 32.1. The highest BCUT2D eigenvalue weighted by molar-refractivity contribution is 7.12. The van der Waals surface area contributed by atoms with E-state index >= 15 is 0 Å². The minimum absolute atomic E-state index is 0.181. The van der Waals surface area contributed by atoms with Gasteiger partial charge in [0.2, 0.25) is 0 Å². The number of thiophene rings is 1. The average Bonchev–Trinajstić information content (AvgIpc) is 3.14. The molecule has 2 fully saturated rings. The van der Waals surface area contributed by atoms with E-state index < -0.39 is 0 Å². The molecule has 0 aromatic carbocycles. The molecule has 1 spiro atoms. The van der Waals surface area contributed by atoms with Crippen LogP contribution in [0.5, 0.6) is 0 Å². The molecule has 128 valence electrons. The van der Waals surface area contributed by atoms with Crippen LogP contribution in [0.25, 0.3) is 0 Å². The zero-order valence-corrected chi connectivity index (χ0v) is 15.2. The first-order valence-electron chi connectivity index (χ1n) is 8.62. The van der Waals surface area contributed by atoms with Gasteiger partial charge in [-0.1, -0.05) is 0 Å². The molecular weight excluding hydrogens is 308 g/mol. The summed E-state index contributed by atoms with van der Waals surface area (Å²) in [6, 6.07) is 2.07. The molecule has 1 aromatic rings. The van der Waals surface area contributed by atoms with Crippen LogP contribution in [-0.4, -0.2) is 62.0 Å². The number of hydrogen-bond acceptors (Lipinski definition) is 5. The molecule has 3 rings (SSSR count). The SMILES string of the molecule is COCCN1CCCC2(CCN(Cc3csc(C(C)=O)c3)C2)C1. The number of piperidine rings is 1. The maximum atomic E-state index is 11.4. The maximum absolute atomic E-state index is 11.4. The molecule has 0 N–H and O–H groups in total. The standard InChI is InChI=1S/C18H28N2O2S/c1-15(21)17-10-16(12-23-17)11-20-7-5-18(14-20)4-3-6-19(13-18)8-9-22-2/h10,12H,3-9,11,13-14H2,1-2H3. The number of rotatable bonds is 6. The quantitative estimate of drug-likeness (QED) is 0.748. The van der Waals surface area contributed by atoms with Crippen LogP contribution in [0.15, 0.2) is 11.4 Å². The van der Waals surface area contributed by atoms with E-state index in [1.54, 1.807) is 25.4 Å². The first-order chi connectivity index (χ1) is 11.1. The van der Waals surface area contributed by atoms with Crippen molar-refractivity contribution in [3.05, 3.63) is 21.9 Å². The normalized spacial score (nSPS) is 26.2. The molecule has 3 heterocycles. The van der Waals surface area contributed by atoms with Crippen LogP contribution in [0.3, 0.4) is 0 Å². The Hall–Kier alpha value is -0.750. The van der Waals surface area contributed by atoms with E-state index in [-0.39, 0.29) is 5.78 Å². The summed E-state index contributed by atoms with van der Waals surface area (Å²) in [7, 11) is 1.78. The van der Waals surface area contributed by atoms with Crippen LogP contribution >= 0.6 is 11.3 Å². The van der Waals surface area contributed by atoms with Gasteiger partial charge in [0.1, 0.15) is 0 Å². The minimum atomic E-state index is 0.181. The van der Waals surface area contributed by atoms with Crippen molar-refractivity contribution in [3.8, 4) is 0 Å². The van der Waals surface area contributed by atoms with Crippen molar-refractivity contribution in [2.45, 2.75) is 32.7 Å². The summed E-state index contributed by atoms with van der Waals surface area (Å²) < 4.78 is 5.24. The molecule has 2 aliphatic rings. The second kappa shape index (κ2) is 7.43. The smallest absolute Gasteiger partial charge is 0.169 e. The van der Waals surface area contributed by atoms with Crippen LogP contribution < -0.4 is 0 Å². The second-order valence-electron chi connectivity index (χ2n) is 7.21. The second-order valence-corrected chi connectivity index (χ2v) is 8.12. The zero-order valence-electron chi connectivity index (χ0n) is 14.3. The number of hydrogen-bond donors (Lipinski definition) is 0. The highest BCUT2D eigenvalue weighted by Crippen LogP contribution is 2.39. The van der Waals surface area contributed by atoms with Gasteiger partial charge in [-0.25, -0.2) is 0 Å². The molecule has 2 saturated heterocycles. The fourth-order valence-corrected chi connectivity index (χ4v) is 4.92. The van der Waals surface area contributed by atoms with Gasteiger partial charge >= 0.3 is 0 Å². The molecule has 5 heteroatoms. The van der Waals surface area contributed by atoms with Gasteiger partial charge < -0.3 is 9.64 Å². The lowest BCUT2D eigenvalue weighted by Gasteiger charge is -2.40. The van der Waals surface area contributed by atoms with E-state index in [9.17, 15) is 4.79 Å². The zero-order chi connectivity index (χ0) is 16.3. The van der Waals surface area contributed by atoms with E-state index in [1.807, 2.05) is 0 Å². The first kappa shape index (κ1) is 17.1. The predicted octanol–water partition coefficient (Wildman–Crippen LogP) is 2.89. The van der Waals surface area contributed by atoms with E-state index in [0.717, 1.165) is 24.6 Å². The molecular formula is C18H28N2O2S. The fraction of sp³-hybridized carbons (Fsp3) is 0.722. The van der Waals surface area contributed by atoms with Crippen LogP contribution in [0.2, 0.25) is 0 Å². The summed E-state index contributed by atoms with van der Waals surface area (Å²) in [5.74, 6) is 0.181. The minimum Gasteiger partial charge on any atom is -0.383 e. The van der Waals surface area contributed by atoms with Crippen LogP contribution in [0.1, 0.15) is 41.4 Å². The molecule has 1 aromatic heterocycles. The lowest BCUT2D eigenvalue weighted by Crippen LogP contribution is -2.45. The van der Waals surface area contributed by atoms with Crippen molar-refractivity contribution in [3.63, 3.8) is 0 Å². The molecule has 1 atom stereocenters. The highest BCUT2D eigenvalue weighted by Gasteiger charge is 2.41. The molecule has 0 bridgehead atoms. The van der Waals surface area contributed by atoms with Gasteiger partial charge in [0.25, 0.3) is 0 Å². The summed E-state index contributed by atoms with van der Waals surface area (Å²) in [5.41, 5.74) is 1.77. The van der Waals surface area contributed by atoms with E-state index in [4.69, 9.17) is 4.74 Å². The van der Waals surface area contributed by atoms with Gasteiger partial charge in [0.15, 0.2) is 5.78 Å². The Labute approximate surface area is 143 Å². The van der Waals surface area contributed by atoms with Crippen LogP contribution in [0, 0.1) is 5.41 Å². The van der Waals surface area contributed by atoms with E-state index in [0.29, 0.717) is 5.41 Å². The lowest BCUT2D eigenvalue weighted by atomic mass is 9.79. The summed E-state index contributed by atoms with van der Waals surface area (Å²) in [6.45, 7) is 9.35. The van der Waals surface area contributed by atoms with Crippen LogP contribution in [-0.2, 0) is 11.3 Å². The van der Waals surface area contributed by atoms with Gasteiger partial charge in [-0.3, -0.25) is 9.69 Å². The van der Waals surface area contributed by atoms with Gasteiger partial charge in [0, 0.05) is 33.3 Å². The summed E-state index contributed by atoms with van der Waals surface area (Å²) in [5, 5.41) is 2.15. The molecule has 0 saturated carbocycles. The third-order valence-electron chi connectivity index (χ3n) is 5.28. The van der Waals surface area contributed by atoms with Crippen molar-refractivity contribution < 1.29 is 9.53 Å². The molecule has 0 amide bonds. The Morgan fingerprint density at radius 3 is 2.87 bits per heavy atom. The van der Waals surface area contributed by atoms with E-state index in [1.165, 1.54) is 51.0 Å². The average molecular weight is 337 g/mol. The van der Waals surface area contributed by atoms with Crippen molar-refractivity contribution >= 4 is 17.1 Å². The van der Waals surface area contributed by atoms with Gasteiger partial charge in [-0.2, -0.15) is 0 Å². The Morgan fingerprint density at radius 1 is 1.30 bits per heavy atom. The van der Waals surface area contributed by atoms with Gasteiger partial charge in [-0.15, -0.1) is 11.3 Å². The van der Waals surface area contributed by atoms with E-state index in [2.05, 4.69) is 21.2 Å². The van der Waals surface area contributed by atoms with Gasteiger partial charge in [0.05, 0.1) is 11.5 Å². The Balaban J connectivity index is 1.55. The number of Topliss-reactive ketones (excluding diaryl/α,β-unsaturated/α-hetero) is 1. The molecule has 0 radical (unpaired) electrons. The summed E-state index contributed by atoms with van der Waals surface area (Å²) >= 11 is 1.58. The topological polar surface area (TPSA) is 32.8 Å². The Bertz CT molecular complexity index is 545. The maximum Gasteiger partial charge on any atom is 0.169 e. The lowest BCUT2D eigenvalue weighted by molar-refractivity contribution is 0.0673. The summed E-state index contributed by atoms with van der Waals surface area (Å²) in [4.78, 5) is 17.5. The third-order valence-corrected chi connectivity index (χ3v) is 6.36. The predicted molar refractivity (Wildman–Crippen MR) is 94.2 cm³/mol. The van der Waals surface area contributed by atoms with Crippen LogP contribution in [0.4, 0.5) is 0 Å². The molecule has 1 unspecified atom stereocenters. The molecule has 23 heavy (non-hydrogen) atoms. The first-order valence-corrected chi connectivity index (χ1v) is 9.50. The number of ketones is 1. The number of methoxy groups -OCH3 is 1. The van der Waals surface area contributed by atoms with Crippen molar-refractivity contribution in [2.24, 2.45) is 5.41 Å². The molecule has 2 aliphatic heterocycles. The summed E-state index contributed by atoms with van der Waals surface area (Å²) in [6.07, 6.45) is 3.97. The van der Waals surface area contributed by atoms with Crippen molar-refractivity contribution in [2.75, 3.05) is 46.4 Å². The Kier molecular flexibility index (Phi) is 5.52. The number of ether oxygens (including phenoxy) is 1. The fourth-order valence-electron chi connectivity index (χ4n) is 4.12. The molecule has 4 nitrogen and oxygen atoms in total. The Morgan fingerprint density at radius 2 is 2.13 bits per heavy atom.